The van der Waals surface area contributed by atoms with Gasteiger partial charge in [0.25, 0.3) is 0 Å². The summed E-state index contributed by atoms with van der Waals surface area (Å²) in [6.45, 7) is 1.99. The molecule has 0 amide bonds. The molecule has 0 aliphatic rings. The minimum atomic E-state index is 0.153. The fourth-order valence-electron chi connectivity index (χ4n) is 2.10. The number of hydrogen-bond donors (Lipinski definition) is 1. The van der Waals surface area contributed by atoms with Crippen LogP contribution in [-0.4, -0.2) is 13.2 Å². The molecule has 0 bridgehead atoms. The van der Waals surface area contributed by atoms with Gasteiger partial charge in [-0.25, -0.2) is 0 Å². The van der Waals surface area contributed by atoms with Crippen LogP contribution in [0.4, 0.5) is 0 Å². The van der Waals surface area contributed by atoms with E-state index in [1.54, 1.807) is 13.2 Å². The first kappa shape index (κ1) is 15.2. The van der Waals surface area contributed by atoms with E-state index >= 15 is 0 Å². The molecule has 2 rings (SSSR count). The monoisotopic (exact) mass is 309 g/mol. The van der Waals surface area contributed by atoms with Crippen LogP contribution in [-0.2, 0) is 6.42 Å². The molecule has 0 aromatic heterocycles. The van der Waals surface area contributed by atoms with Crippen molar-refractivity contribution in [3.8, 4) is 16.9 Å². The van der Waals surface area contributed by atoms with Gasteiger partial charge in [0.2, 0.25) is 0 Å². The van der Waals surface area contributed by atoms with Crippen LogP contribution in [0.1, 0.15) is 12.5 Å². The minimum Gasteiger partial charge on any atom is -0.495 e. The van der Waals surface area contributed by atoms with Gasteiger partial charge in [-0.05, 0) is 30.5 Å². The van der Waals surface area contributed by atoms with Gasteiger partial charge in [-0.15, -0.1) is 0 Å². The molecule has 4 heteroatoms. The number of halogens is 2. The van der Waals surface area contributed by atoms with Crippen LogP contribution in [0, 0.1) is 0 Å². The van der Waals surface area contributed by atoms with Crippen LogP contribution in [0.2, 0.25) is 10.0 Å². The van der Waals surface area contributed by atoms with Gasteiger partial charge in [-0.1, -0.05) is 47.5 Å². The average Bonchev–Trinajstić information content (AvgIpc) is 2.41. The largest absolute Gasteiger partial charge is 0.495 e. The summed E-state index contributed by atoms with van der Waals surface area (Å²) >= 11 is 12.4. The van der Waals surface area contributed by atoms with Crippen molar-refractivity contribution in [2.45, 2.75) is 19.4 Å². The van der Waals surface area contributed by atoms with Crippen molar-refractivity contribution in [2.24, 2.45) is 5.73 Å². The first-order valence-electron chi connectivity index (χ1n) is 6.39. The Morgan fingerprint density at radius 1 is 1.10 bits per heavy atom. The minimum absolute atomic E-state index is 0.153. The Bertz CT molecular complexity index is 594. The lowest BCUT2D eigenvalue weighted by molar-refractivity contribution is 0.415. The molecule has 106 valence electrons. The van der Waals surface area contributed by atoms with Gasteiger partial charge in [0, 0.05) is 17.7 Å². The number of rotatable bonds is 4. The van der Waals surface area contributed by atoms with Gasteiger partial charge in [0.1, 0.15) is 5.75 Å². The number of hydrogen-bond acceptors (Lipinski definition) is 2. The first-order chi connectivity index (χ1) is 9.51. The fourth-order valence-corrected chi connectivity index (χ4v) is 2.60. The van der Waals surface area contributed by atoms with E-state index in [4.69, 9.17) is 33.7 Å². The molecule has 0 radical (unpaired) electrons. The fraction of sp³-hybridized carbons (Fsp3) is 0.250. The molecule has 2 nitrogen and oxygen atoms in total. The van der Waals surface area contributed by atoms with Crippen LogP contribution in [0.5, 0.6) is 5.75 Å². The van der Waals surface area contributed by atoms with E-state index in [1.165, 1.54) is 5.56 Å². The second-order valence-corrected chi connectivity index (χ2v) is 5.66. The molecule has 0 fully saturated rings. The van der Waals surface area contributed by atoms with E-state index in [0.717, 1.165) is 17.5 Å². The summed E-state index contributed by atoms with van der Waals surface area (Å²) in [5, 5.41) is 1.16. The molecule has 2 aromatic carbocycles. The molecule has 0 spiro atoms. The zero-order valence-corrected chi connectivity index (χ0v) is 13.0. The van der Waals surface area contributed by atoms with Crippen molar-refractivity contribution >= 4 is 23.2 Å². The second kappa shape index (κ2) is 6.49. The topological polar surface area (TPSA) is 35.2 Å². The number of nitrogens with two attached hydrogens (primary N) is 1. The lowest BCUT2D eigenvalue weighted by Gasteiger charge is -2.10. The lowest BCUT2D eigenvalue weighted by atomic mass is 10.0. The van der Waals surface area contributed by atoms with Crippen LogP contribution < -0.4 is 10.5 Å². The first-order valence-corrected chi connectivity index (χ1v) is 7.14. The van der Waals surface area contributed by atoms with Gasteiger partial charge in [-0.2, -0.15) is 0 Å². The van der Waals surface area contributed by atoms with Crippen molar-refractivity contribution in [3.05, 3.63) is 52.0 Å². The van der Waals surface area contributed by atoms with E-state index in [0.29, 0.717) is 15.8 Å². The van der Waals surface area contributed by atoms with Gasteiger partial charge >= 0.3 is 0 Å². The standard InChI is InChI=1S/C16H17Cl2NO/c1-10(19)7-11-3-5-12(6-4-11)13-8-15(18)16(20-2)9-14(13)17/h3-6,8-10H,7,19H2,1-2H3. The van der Waals surface area contributed by atoms with Crippen molar-refractivity contribution in [1.82, 2.24) is 0 Å². The van der Waals surface area contributed by atoms with E-state index in [-0.39, 0.29) is 6.04 Å². The molecule has 0 saturated heterocycles. The molecule has 0 saturated carbocycles. The van der Waals surface area contributed by atoms with Crippen molar-refractivity contribution in [2.75, 3.05) is 7.11 Å². The molecule has 0 aliphatic heterocycles. The number of benzene rings is 2. The summed E-state index contributed by atoms with van der Waals surface area (Å²) in [5.41, 5.74) is 8.92. The maximum absolute atomic E-state index is 6.28. The molecule has 2 aromatic rings. The third-order valence-electron chi connectivity index (χ3n) is 3.06. The molecule has 1 atom stereocenters. The Balaban J connectivity index is 2.34. The van der Waals surface area contributed by atoms with Gasteiger partial charge < -0.3 is 10.5 Å². The highest BCUT2D eigenvalue weighted by molar-refractivity contribution is 6.36. The third kappa shape index (κ3) is 3.45. The molecule has 20 heavy (non-hydrogen) atoms. The SMILES string of the molecule is COc1cc(Cl)c(-c2ccc(CC(C)N)cc2)cc1Cl. The highest BCUT2D eigenvalue weighted by Gasteiger charge is 2.09. The molecule has 0 heterocycles. The third-order valence-corrected chi connectivity index (χ3v) is 3.67. The Labute approximate surface area is 129 Å². The van der Waals surface area contributed by atoms with Crippen molar-refractivity contribution in [3.63, 3.8) is 0 Å². The second-order valence-electron chi connectivity index (χ2n) is 4.84. The average molecular weight is 310 g/mol. The predicted molar refractivity (Wildman–Crippen MR) is 85.8 cm³/mol. The van der Waals surface area contributed by atoms with Crippen LogP contribution in [0.3, 0.4) is 0 Å². The number of ether oxygens (including phenoxy) is 1. The van der Waals surface area contributed by atoms with E-state index in [2.05, 4.69) is 12.1 Å². The molecule has 0 aliphatic carbocycles. The van der Waals surface area contributed by atoms with E-state index in [9.17, 15) is 0 Å². The highest BCUT2D eigenvalue weighted by Crippen LogP contribution is 2.36. The summed E-state index contributed by atoms with van der Waals surface area (Å²) in [6, 6.07) is 11.9. The Hall–Kier alpha value is -1.22. The summed E-state index contributed by atoms with van der Waals surface area (Å²) in [4.78, 5) is 0. The molecular formula is C16H17Cl2NO. The Kier molecular flexibility index (Phi) is 4.92. The zero-order valence-electron chi connectivity index (χ0n) is 11.5. The van der Waals surface area contributed by atoms with Crippen LogP contribution in [0.25, 0.3) is 11.1 Å². The van der Waals surface area contributed by atoms with Crippen LogP contribution >= 0.6 is 23.2 Å². The van der Waals surface area contributed by atoms with Crippen LogP contribution in [0.15, 0.2) is 36.4 Å². The number of methoxy groups -OCH3 is 1. The van der Waals surface area contributed by atoms with E-state index in [1.807, 2.05) is 25.1 Å². The quantitative estimate of drug-likeness (QED) is 0.898. The van der Waals surface area contributed by atoms with E-state index < -0.39 is 0 Å². The predicted octanol–water partition coefficient (Wildman–Crippen LogP) is 4.56. The Morgan fingerprint density at radius 2 is 1.75 bits per heavy atom. The summed E-state index contributed by atoms with van der Waals surface area (Å²) in [5.74, 6) is 0.578. The van der Waals surface area contributed by atoms with Crippen molar-refractivity contribution < 1.29 is 4.74 Å². The zero-order chi connectivity index (χ0) is 14.7. The molecule has 1 unspecified atom stereocenters. The van der Waals surface area contributed by atoms with Gasteiger partial charge in [0.05, 0.1) is 17.2 Å². The molecule has 2 N–H and O–H groups in total. The summed E-state index contributed by atoms with van der Waals surface area (Å²) in [6.07, 6.45) is 0.859. The normalized spacial score (nSPS) is 12.2. The smallest absolute Gasteiger partial charge is 0.138 e. The molecular weight excluding hydrogens is 293 g/mol. The summed E-state index contributed by atoms with van der Waals surface area (Å²) in [7, 11) is 1.57. The summed E-state index contributed by atoms with van der Waals surface area (Å²) < 4.78 is 5.15. The maximum Gasteiger partial charge on any atom is 0.138 e. The van der Waals surface area contributed by atoms with Gasteiger partial charge in [-0.3, -0.25) is 0 Å². The van der Waals surface area contributed by atoms with Gasteiger partial charge in [0.15, 0.2) is 0 Å². The van der Waals surface area contributed by atoms with Crippen molar-refractivity contribution in [1.29, 1.82) is 0 Å². The Morgan fingerprint density at radius 3 is 2.30 bits per heavy atom. The highest BCUT2D eigenvalue weighted by atomic mass is 35.5. The lowest BCUT2D eigenvalue weighted by Crippen LogP contribution is -2.17. The maximum atomic E-state index is 6.28.